The summed E-state index contributed by atoms with van der Waals surface area (Å²) in [5.74, 6) is 1.02. The molecule has 1 aliphatic heterocycles. The van der Waals surface area contributed by atoms with Crippen molar-refractivity contribution in [1.82, 2.24) is 15.0 Å². The summed E-state index contributed by atoms with van der Waals surface area (Å²) >= 11 is 0. The van der Waals surface area contributed by atoms with E-state index in [0.717, 1.165) is 0 Å². The van der Waals surface area contributed by atoms with Crippen LogP contribution in [0.15, 0.2) is 28.8 Å². The Labute approximate surface area is 132 Å². The molecule has 8 heteroatoms. The number of piperidine rings is 1. The second-order valence-electron chi connectivity index (χ2n) is 5.52. The summed E-state index contributed by atoms with van der Waals surface area (Å²) in [6.07, 6.45) is 1.40. The van der Waals surface area contributed by atoms with Crippen molar-refractivity contribution in [1.29, 1.82) is 0 Å². The molecule has 23 heavy (non-hydrogen) atoms. The van der Waals surface area contributed by atoms with Crippen molar-refractivity contribution in [2.24, 2.45) is 0 Å². The van der Waals surface area contributed by atoms with Crippen LogP contribution in [-0.2, 0) is 0 Å². The van der Waals surface area contributed by atoms with Crippen molar-refractivity contribution in [3.05, 3.63) is 51.7 Å². The molecule has 1 fully saturated rings. The number of carbonyl (C=O) groups excluding carboxylic acids is 1. The van der Waals surface area contributed by atoms with Gasteiger partial charge in [-0.2, -0.15) is 4.98 Å². The molecule has 0 unspecified atom stereocenters. The second-order valence-corrected chi connectivity index (χ2v) is 5.52. The molecular weight excluding hydrogens is 300 g/mol. The van der Waals surface area contributed by atoms with E-state index in [2.05, 4.69) is 10.1 Å². The number of amides is 1. The molecule has 0 N–H and O–H groups in total. The fourth-order valence-corrected chi connectivity index (χ4v) is 2.79. The van der Waals surface area contributed by atoms with E-state index in [-0.39, 0.29) is 23.1 Å². The van der Waals surface area contributed by atoms with Crippen LogP contribution in [0.25, 0.3) is 0 Å². The van der Waals surface area contributed by atoms with Gasteiger partial charge in [-0.1, -0.05) is 17.3 Å². The van der Waals surface area contributed by atoms with Gasteiger partial charge < -0.3 is 9.42 Å². The van der Waals surface area contributed by atoms with Crippen LogP contribution in [0.1, 0.15) is 40.8 Å². The molecule has 1 saturated heterocycles. The third-order valence-electron chi connectivity index (χ3n) is 4.01. The standard InChI is InChI=1S/C15H16N4O4/c1-10-16-14(23-17-10)11-6-8-18(9-7-11)15(20)12-4-2-3-5-13(12)19(21)22/h2-5,11H,6-9H2,1H3. The number of nitro groups is 1. The fourth-order valence-electron chi connectivity index (χ4n) is 2.79. The first-order valence-electron chi connectivity index (χ1n) is 7.39. The Morgan fingerprint density at radius 3 is 2.65 bits per heavy atom. The minimum Gasteiger partial charge on any atom is -0.339 e. The van der Waals surface area contributed by atoms with Crippen molar-refractivity contribution in [3.8, 4) is 0 Å². The number of para-hydroxylation sites is 1. The molecular formula is C15H16N4O4. The summed E-state index contributed by atoms with van der Waals surface area (Å²) in [5.41, 5.74) is -0.0308. The number of hydrogen-bond acceptors (Lipinski definition) is 6. The Balaban J connectivity index is 1.70. The summed E-state index contributed by atoms with van der Waals surface area (Å²) < 4.78 is 5.18. The number of likely N-dealkylation sites (tertiary alicyclic amines) is 1. The van der Waals surface area contributed by atoms with E-state index in [4.69, 9.17) is 4.52 Å². The molecule has 1 amide bonds. The predicted molar refractivity (Wildman–Crippen MR) is 80.0 cm³/mol. The minimum absolute atomic E-state index is 0.129. The minimum atomic E-state index is -0.527. The highest BCUT2D eigenvalue weighted by atomic mass is 16.6. The van der Waals surface area contributed by atoms with Crippen molar-refractivity contribution in [2.45, 2.75) is 25.7 Å². The number of nitro benzene ring substituents is 1. The van der Waals surface area contributed by atoms with Crippen molar-refractivity contribution in [2.75, 3.05) is 13.1 Å². The molecule has 3 rings (SSSR count). The number of rotatable bonds is 3. The lowest BCUT2D eigenvalue weighted by Crippen LogP contribution is -2.38. The zero-order valence-electron chi connectivity index (χ0n) is 12.6. The third-order valence-corrected chi connectivity index (χ3v) is 4.01. The molecule has 0 radical (unpaired) electrons. The van der Waals surface area contributed by atoms with E-state index in [9.17, 15) is 14.9 Å². The van der Waals surface area contributed by atoms with Crippen molar-refractivity contribution < 1.29 is 14.2 Å². The first-order chi connectivity index (χ1) is 11.1. The maximum atomic E-state index is 12.5. The monoisotopic (exact) mass is 316 g/mol. The van der Waals surface area contributed by atoms with Gasteiger partial charge in [-0.05, 0) is 25.8 Å². The highest BCUT2D eigenvalue weighted by Gasteiger charge is 2.30. The molecule has 0 spiro atoms. The van der Waals surface area contributed by atoms with Crippen LogP contribution in [-0.4, -0.2) is 39.0 Å². The third kappa shape index (κ3) is 3.05. The lowest BCUT2D eigenvalue weighted by atomic mass is 9.96. The number of benzene rings is 1. The smallest absolute Gasteiger partial charge is 0.282 e. The average molecular weight is 316 g/mol. The topological polar surface area (TPSA) is 102 Å². The van der Waals surface area contributed by atoms with E-state index in [1.54, 1.807) is 24.0 Å². The summed E-state index contributed by atoms with van der Waals surface area (Å²) in [4.78, 5) is 28.9. The van der Waals surface area contributed by atoms with Gasteiger partial charge in [0.25, 0.3) is 11.6 Å². The van der Waals surface area contributed by atoms with E-state index < -0.39 is 4.92 Å². The highest BCUT2D eigenvalue weighted by molar-refractivity contribution is 5.98. The summed E-state index contributed by atoms with van der Waals surface area (Å²) in [5, 5.41) is 14.8. The summed E-state index contributed by atoms with van der Waals surface area (Å²) in [6.45, 7) is 2.79. The second kappa shape index (κ2) is 6.15. The fraction of sp³-hybridized carbons (Fsp3) is 0.400. The molecule has 120 valence electrons. The normalized spacial score (nSPS) is 15.6. The van der Waals surface area contributed by atoms with Crippen LogP contribution < -0.4 is 0 Å². The Hall–Kier alpha value is -2.77. The zero-order chi connectivity index (χ0) is 16.4. The SMILES string of the molecule is Cc1noc(C2CCN(C(=O)c3ccccc3[N+](=O)[O-])CC2)n1. The van der Waals surface area contributed by atoms with Gasteiger partial charge >= 0.3 is 0 Å². The van der Waals surface area contributed by atoms with Gasteiger partial charge in [-0.25, -0.2) is 0 Å². The maximum absolute atomic E-state index is 12.5. The van der Waals surface area contributed by atoms with Gasteiger partial charge in [0.05, 0.1) is 4.92 Å². The average Bonchev–Trinajstić information content (AvgIpc) is 3.01. The highest BCUT2D eigenvalue weighted by Crippen LogP contribution is 2.28. The maximum Gasteiger partial charge on any atom is 0.282 e. The molecule has 0 bridgehead atoms. The lowest BCUT2D eigenvalue weighted by Gasteiger charge is -2.30. The van der Waals surface area contributed by atoms with E-state index in [1.807, 2.05) is 0 Å². The Bertz CT molecular complexity index is 735. The molecule has 0 saturated carbocycles. The molecule has 0 aliphatic carbocycles. The van der Waals surface area contributed by atoms with Gasteiger partial charge in [0, 0.05) is 25.1 Å². The largest absolute Gasteiger partial charge is 0.339 e. The van der Waals surface area contributed by atoms with Crippen LogP contribution in [0.2, 0.25) is 0 Å². The van der Waals surface area contributed by atoms with Crippen LogP contribution in [0.3, 0.4) is 0 Å². The van der Waals surface area contributed by atoms with Gasteiger partial charge in [0.2, 0.25) is 5.89 Å². The van der Waals surface area contributed by atoms with Crippen LogP contribution >= 0.6 is 0 Å². The summed E-state index contributed by atoms with van der Waals surface area (Å²) in [7, 11) is 0. The number of carbonyl (C=O) groups is 1. The Morgan fingerprint density at radius 1 is 1.35 bits per heavy atom. The van der Waals surface area contributed by atoms with Gasteiger partial charge in [-0.3, -0.25) is 14.9 Å². The van der Waals surface area contributed by atoms with Crippen molar-refractivity contribution >= 4 is 11.6 Å². The number of aromatic nitrogens is 2. The summed E-state index contributed by atoms with van der Waals surface area (Å²) in [6, 6.07) is 6.03. The molecule has 1 aliphatic rings. The van der Waals surface area contributed by atoms with Crippen LogP contribution in [0.5, 0.6) is 0 Å². The van der Waals surface area contributed by atoms with E-state index >= 15 is 0 Å². The molecule has 8 nitrogen and oxygen atoms in total. The van der Waals surface area contributed by atoms with Crippen LogP contribution in [0, 0.1) is 17.0 Å². The van der Waals surface area contributed by atoms with E-state index in [0.29, 0.717) is 37.6 Å². The van der Waals surface area contributed by atoms with Crippen LogP contribution in [0.4, 0.5) is 5.69 Å². The molecule has 2 aromatic rings. The first-order valence-corrected chi connectivity index (χ1v) is 7.39. The Morgan fingerprint density at radius 2 is 2.04 bits per heavy atom. The van der Waals surface area contributed by atoms with Crippen molar-refractivity contribution in [3.63, 3.8) is 0 Å². The quantitative estimate of drug-likeness (QED) is 0.636. The molecule has 1 aromatic carbocycles. The van der Waals surface area contributed by atoms with Gasteiger partial charge in [0.1, 0.15) is 5.56 Å². The number of aryl methyl sites for hydroxylation is 1. The Kier molecular flexibility index (Phi) is 4.05. The predicted octanol–water partition coefficient (Wildman–Crippen LogP) is 2.31. The van der Waals surface area contributed by atoms with Gasteiger partial charge in [0.15, 0.2) is 5.82 Å². The number of nitrogens with zero attached hydrogens (tertiary/aromatic N) is 4. The molecule has 1 aromatic heterocycles. The van der Waals surface area contributed by atoms with Gasteiger partial charge in [-0.15, -0.1) is 0 Å². The number of hydrogen-bond donors (Lipinski definition) is 0. The van der Waals surface area contributed by atoms with E-state index in [1.165, 1.54) is 12.1 Å². The zero-order valence-corrected chi connectivity index (χ0v) is 12.6. The lowest BCUT2D eigenvalue weighted by molar-refractivity contribution is -0.385. The first kappa shape index (κ1) is 15.1. The molecule has 0 atom stereocenters. The molecule has 2 heterocycles.